The van der Waals surface area contributed by atoms with Crippen molar-refractivity contribution < 1.29 is 14.7 Å². The maximum absolute atomic E-state index is 12.7. The molecule has 118 valence electrons. The summed E-state index contributed by atoms with van der Waals surface area (Å²) in [7, 11) is 0. The van der Waals surface area contributed by atoms with E-state index in [9.17, 15) is 9.59 Å². The molecule has 0 saturated carbocycles. The third-order valence-corrected chi connectivity index (χ3v) is 4.60. The maximum atomic E-state index is 12.7. The van der Waals surface area contributed by atoms with E-state index in [0.717, 1.165) is 6.42 Å². The Bertz CT molecular complexity index is 577. The number of carboxylic acids is 1. The Morgan fingerprint density at radius 1 is 1.36 bits per heavy atom. The molecule has 1 aromatic carbocycles. The predicted molar refractivity (Wildman–Crippen MR) is 85.8 cm³/mol. The van der Waals surface area contributed by atoms with Gasteiger partial charge in [0.25, 0.3) is 5.91 Å². The number of nitrogens with zero attached hydrogens (tertiary/aromatic N) is 2. The molecule has 0 aliphatic carbocycles. The molecule has 1 heterocycles. The summed E-state index contributed by atoms with van der Waals surface area (Å²) in [6.45, 7) is 1.86. The van der Waals surface area contributed by atoms with Crippen LogP contribution in [0.4, 0.5) is 0 Å². The SMILES string of the molecule is CCC1SC=C(N(CC(=O)O)C(=O)c2ccccc2)N1CN. The number of hydrogen-bond donors (Lipinski definition) is 2. The van der Waals surface area contributed by atoms with Crippen molar-refractivity contribution in [2.75, 3.05) is 13.2 Å². The minimum absolute atomic E-state index is 0.125. The van der Waals surface area contributed by atoms with Gasteiger partial charge in [-0.2, -0.15) is 0 Å². The number of benzene rings is 1. The van der Waals surface area contributed by atoms with Gasteiger partial charge in [0, 0.05) is 11.0 Å². The first-order valence-corrected chi connectivity index (χ1v) is 7.93. The van der Waals surface area contributed by atoms with E-state index in [1.165, 1.54) is 4.90 Å². The molecule has 0 aromatic heterocycles. The third kappa shape index (κ3) is 3.42. The third-order valence-electron chi connectivity index (χ3n) is 3.35. The Hall–Kier alpha value is -1.99. The Kier molecular flexibility index (Phi) is 5.46. The van der Waals surface area contributed by atoms with Crippen LogP contribution < -0.4 is 5.73 Å². The molecule has 7 heteroatoms. The highest BCUT2D eigenvalue weighted by atomic mass is 32.2. The Morgan fingerprint density at radius 2 is 2.05 bits per heavy atom. The summed E-state index contributed by atoms with van der Waals surface area (Å²) < 4.78 is 0. The molecular formula is C15H19N3O3S. The maximum Gasteiger partial charge on any atom is 0.323 e. The zero-order chi connectivity index (χ0) is 16.1. The number of carbonyl (C=O) groups is 2. The molecule has 0 fully saturated rings. The van der Waals surface area contributed by atoms with Gasteiger partial charge in [0.15, 0.2) is 0 Å². The van der Waals surface area contributed by atoms with E-state index in [0.29, 0.717) is 11.4 Å². The van der Waals surface area contributed by atoms with Gasteiger partial charge in [-0.05, 0) is 18.6 Å². The van der Waals surface area contributed by atoms with E-state index in [2.05, 4.69) is 0 Å². The number of carbonyl (C=O) groups excluding carboxylic acids is 1. The Morgan fingerprint density at radius 3 is 2.59 bits per heavy atom. The Labute approximate surface area is 133 Å². The van der Waals surface area contributed by atoms with Crippen LogP contribution in [-0.2, 0) is 4.79 Å². The van der Waals surface area contributed by atoms with E-state index >= 15 is 0 Å². The summed E-state index contributed by atoms with van der Waals surface area (Å²) >= 11 is 1.55. The van der Waals surface area contributed by atoms with Crippen molar-refractivity contribution in [2.24, 2.45) is 5.73 Å². The van der Waals surface area contributed by atoms with Crippen molar-refractivity contribution in [3.63, 3.8) is 0 Å². The van der Waals surface area contributed by atoms with Crippen molar-refractivity contribution in [1.29, 1.82) is 0 Å². The molecule has 1 aliphatic heterocycles. The summed E-state index contributed by atoms with van der Waals surface area (Å²) in [5.74, 6) is -0.854. The largest absolute Gasteiger partial charge is 0.480 e. The molecule has 0 bridgehead atoms. The summed E-state index contributed by atoms with van der Waals surface area (Å²) in [4.78, 5) is 27.0. The van der Waals surface area contributed by atoms with Crippen LogP contribution in [0.25, 0.3) is 0 Å². The zero-order valence-corrected chi connectivity index (χ0v) is 13.1. The lowest BCUT2D eigenvalue weighted by Crippen LogP contribution is -2.44. The van der Waals surface area contributed by atoms with Gasteiger partial charge < -0.3 is 15.7 Å². The summed E-state index contributed by atoms with van der Waals surface area (Å²) in [5, 5.41) is 11.1. The molecule has 2 rings (SSSR count). The second kappa shape index (κ2) is 7.33. The molecule has 1 aromatic rings. The van der Waals surface area contributed by atoms with Crippen LogP contribution in [0.2, 0.25) is 0 Å². The predicted octanol–water partition coefficient (Wildman–Crippen LogP) is 1.71. The van der Waals surface area contributed by atoms with Crippen molar-refractivity contribution >= 4 is 23.6 Å². The van der Waals surface area contributed by atoms with Crippen molar-refractivity contribution in [3.05, 3.63) is 47.1 Å². The normalized spacial score (nSPS) is 17.3. The number of thioether (sulfide) groups is 1. The van der Waals surface area contributed by atoms with Gasteiger partial charge >= 0.3 is 5.97 Å². The highest BCUT2D eigenvalue weighted by molar-refractivity contribution is 8.02. The molecular weight excluding hydrogens is 302 g/mol. The standard InChI is InChI=1S/C15H19N3O3S/c1-2-13-18(10-16)12(9-22-13)17(8-14(19)20)15(21)11-6-4-3-5-7-11/h3-7,9,13H,2,8,10,16H2,1H3,(H,19,20). The number of nitrogens with two attached hydrogens (primary N) is 1. The van der Waals surface area contributed by atoms with Gasteiger partial charge in [-0.3, -0.25) is 14.5 Å². The number of hydrogen-bond acceptors (Lipinski definition) is 5. The van der Waals surface area contributed by atoms with Crippen LogP contribution in [0.5, 0.6) is 0 Å². The monoisotopic (exact) mass is 321 g/mol. The smallest absolute Gasteiger partial charge is 0.323 e. The fraction of sp³-hybridized carbons (Fsp3) is 0.333. The molecule has 0 spiro atoms. The second-order valence-corrected chi connectivity index (χ2v) is 5.83. The van der Waals surface area contributed by atoms with Crippen LogP contribution in [0, 0.1) is 0 Å². The molecule has 1 unspecified atom stereocenters. The summed E-state index contributed by atoms with van der Waals surface area (Å²) in [5.41, 5.74) is 6.23. The van der Waals surface area contributed by atoms with E-state index in [1.807, 2.05) is 23.3 Å². The van der Waals surface area contributed by atoms with Crippen LogP contribution >= 0.6 is 11.8 Å². The van der Waals surface area contributed by atoms with E-state index in [4.69, 9.17) is 10.8 Å². The average Bonchev–Trinajstić information content (AvgIpc) is 2.95. The van der Waals surface area contributed by atoms with Crippen LogP contribution in [0.1, 0.15) is 23.7 Å². The molecule has 1 amide bonds. The summed E-state index contributed by atoms with van der Waals surface area (Å²) in [6.07, 6.45) is 0.850. The minimum atomic E-state index is -1.06. The number of rotatable bonds is 6. The first kappa shape index (κ1) is 16.4. The van der Waals surface area contributed by atoms with Crippen molar-refractivity contribution in [1.82, 2.24) is 9.80 Å². The second-order valence-electron chi connectivity index (χ2n) is 4.78. The average molecular weight is 321 g/mol. The van der Waals surface area contributed by atoms with Crippen LogP contribution in [0.3, 0.4) is 0 Å². The molecule has 3 N–H and O–H groups in total. The molecule has 6 nitrogen and oxygen atoms in total. The van der Waals surface area contributed by atoms with Crippen molar-refractivity contribution in [2.45, 2.75) is 18.7 Å². The van der Waals surface area contributed by atoms with Crippen LogP contribution in [0.15, 0.2) is 41.6 Å². The van der Waals surface area contributed by atoms with Crippen LogP contribution in [-0.4, -0.2) is 45.4 Å². The van der Waals surface area contributed by atoms with E-state index < -0.39 is 12.5 Å². The first-order valence-electron chi connectivity index (χ1n) is 6.99. The molecule has 1 atom stereocenters. The van der Waals surface area contributed by atoms with E-state index in [-0.39, 0.29) is 17.9 Å². The summed E-state index contributed by atoms with van der Waals surface area (Å²) in [6, 6.07) is 8.65. The van der Waals surface area contributed by atoms with Gasteiger partial charge in [-0.15, -0.1) is 11.8 Å². The van der Waals surface area contributed by atoms with Crippen molar-refractivity contribution in [3.8, 4) is 0 Å². The van der Waals surface area contributed by atoms with Gasteiger partial charge in [0.05, 0.1) is 12.0 Å². The fourth-order valence-corrected chi connectivity index (χ4v) is 3.38. The fourth-order valence-electron chi connectivity index (χ4n) is 2.30. The number of aliphatic carboxylic acids is 1. The zero-order valence-electron chi connectivity index (χ0n) is 12.3. The van der Waals surface area contributed by atoms with Gasteiger partial charge in [-0.25, -0.2) is 0 Å². The van der Waals surface area contributed by atoms with Gasteiger partial charge in [0.2, 0.25) is 0 Å². The molecule has 0 radical (unpaired) electrons. The highest BCUT2D eigenvalue weighted by Gasteiger charge is 2.32. The quantitative estimate of drug-likeness (QED) is 0.829. The lowest BCUT2D eigenvalue weighted by molar-refractivity contribution is -0.137. The van der Waals surface area contributed by atoms with Gasteiger partial charge in [0.1, 0.15) is 12.4 Å². The number of carboxylic acid groups (broad SMARTS) is 1. The lowest BCUT2D eigenvalue weighted by atomic mass is 10.2. The molecule has 22 heavy (non-hydrogen) atoms. The van der Waals surface area contributed by atoms with E-state index in [1.54, 1.807) is 36.0 Å². The topological polar surface area (TPSA) is 86.9 Å². The number of amides is 1. The minimum Gasteiger partial charge on any atom is -0.480 e. The molecule has 1 aliphatic rings. The first-order chi connectivity index (χ1) is 10.6. The Balaban J connectivity index is 2.31. The molecule has 0 saturated heterocycles. The lowest BCUT2D eigenvalue weighted by Gasteiger charge is -2.32. The van der Waals surface area contributed by atoms with Gasteiger partial charge in [-0.1, -0.05) is 25.1 Å². The highest BCUT2D eigenvalue weighted by Crippen LogP contribution is 2.34.